The van der Waals surface area contributed by atoms with E-state index >= 15 is 0 Å². The monoisotopic (exact) mass is 266 g/mol. The van der Waals surface area contributed by atoms with Gasteiger partial charge in [0.1, 0.15) is 5.76 Å². The van der Waals surface area contributed by atoms with Crippen molar-refractivity contribution in [2.45, 2.75) is 6.92 Å². The van der Waals surface area contributed by atoms with Crippen LogP contribution in [0.4, 0.5) is 4.39 Å². The molecule has 1 rings (SSSR count). The summed E-state index contributed by atoms with van der Waals surface area (Å²) in [4.78, 5) is 0.438. The summed E-state index contributed by atoms with van der Waals surface area (Å²) in [5, 5.41) is 9.38. The van der Waals surface area contributed by atoms with Crippen LogP contribution in [0.3, 0.4) is 0 Å². The van der Waals surface area contributed by atoms with Crippen molar-refractivity contribution in [1.82, 2.24) is 4.57 Å². The minimum absolute atomic E-state index is 0.00341. The lowest BCUT2D eigenvalue weighted by Gasteiger charge is -1.98. The minimum atomic E-state index is -0.505. The molecule has 0 aliphatic carbocycles. The average molecular weight is 266 g/mol. The molecule has 0 unspecified atom stereocenters. The molecule has 0 atom stereocenters. The van der Waals surface area contributed by atoms with Gasteiger partial charge >= 0.3 is 0 Å². The molecular formula is C13H15FN2OS. The number of ether oxygens (including phenoxy) is 1. The Balaban J connectivity index is 2.74. The Morgan fingerprint density at radius 1 is 1.56 bits per heavy atom. The lowest BCUT2D eigenvalue weighted by molar-refractivity contribution is 0.285. The van der Waals surface area contributed by atoms with Gasteiger partial charge in [-0.1, -0.05) is 12.7 Å². The van der Waals surface area contributed by atoms with Crippen LogP contribution in [0.5, 0.6) is 0 Å². The molecule has 0 fully saturated rings. The number of methoxy groups -OCH3 is 1. The normalized spacial score (nSPS) is 13.1. The van der Waals surface area contributed by atoms with E-state index in [9.17, 15) is 4.39 Å². The summed E-state index contributed by atoms with van der Waals surface area (Å²) < 4.78 is 19.6. The van der Waals surface area contributed by atoms with Gasteiger partial charge in [0.15, 0.2) is 10.6 Å². The van der Waals surface area contributed by atoms with Crippen molar-refractivity contribution in [3.63, 3.8) is 0 Å². The largest absolute Gasteiger partial charge is 0.494 e. The van der Waals surface area contributed by atoms with Crippen LogP contribution >= 0.6 is 11.3 Å². The number of halogens is 1. The van der Waals surface area contributed by atoms with Crippen LogP contribution < -0.4 is 4.80 Å². The quantitative estimate of drug-likeness (QED) is 0.643. The Kier molecular flexibility index (Phi) is 5.32. The van der Waals surface area contributed by atoms with Crippen LogP contribution in [0, 0.1) is 5.41 Å². The summed E-state index contributed by atoms with van der Waals surface area (Å²) in [6.45, 7) is 5.25. The number of hydrogen-bond donors (Lipinski definition) is 1. The molecule has 0 saturated carbocycles. The summed E-state index contributed by atoms with van der Waals surface area (Å²) in [5.74, 6) is -0.502. The second kappa shape index (κ2) is 6.76. The average Bonchev–Trinajstić information content (AvgIpc) is 2.77. The molecule has 0 aliphatic heterocycles. The van der Waals surface area contributed by atoms with E-state index in [0.29, 0.717) is 4.80 Å². The third-order valence-electron chi connectivity index (χ3n) is 2.14. The van der Waals surface area contributed by atoms with E-state index in [1.54, 1.807) is 29.1 Å². The molecule has 1 N–H and O–H groups in total. The van der Waals surface area contributed by atoms with E-state index in [2.05, 4.69) is 11.3 Å². The third kappa shape index (κ3) is 4.18. The van der Waals surface area contributed by atoms with Crippen molar-refractivity contribution >= 4 is 17.5 Å². The first kappa shape index (κ1) is 14.2. The molecule has 1 heterocycles. The summed E-state index contributed by atoms with van der Waals surface area (Å²) in [7, 11) is 1.37. The van der Waals surface area contributed by atoms with Gasteiger partial charge in [-0.25, -0.2) is 4.39 Å². The lowest BCUT2D eigenvalue weighted by atomic mass is 10.2. The summed E-state index contributed by atoms with van der Waals surface area (Å²) in [6, 6.07) is 0. The van der Waals surface area contributed by atoms with Crippen molar-refractivity contribution in [2.24, 2.45) is 0 Å². The van der Waals surface area contributed by atoms with Crippen LogP contribution in [0.25, 0.3) is 6.20 Å². The highest BCUT2D eigenvalue weighted by Gasteiger charge is 1.97. The number of allylic oxidation sites excluding steroid dienone is 5. The molecule has 0 saturated heterocycles. The topological polar surface area (TPSA) is 38.0 Å². The number of thiazole rings is 1. The van der Waals surface area contributed by atoms with Crippen molar-refractivity contribution < 1.29 is 9.13 Å². The molecule has 3 nitrogen and oxygen atoms in total. The second-order valence-corrected chi connectivity index (χ2v) is 4.38. The van der Waals surface area contributed by atoms with Gasteiger partial charge in [0.25, 0.3) is 0 Å². The third-order valence-corrected chi connectivity index (χ3v) is 2.83. The van der Waals surface area contributed by atoms with Gasteiger partial charge in [-0.3, -0.25) is 9.98 Å². The number of nitrogens with zero attached hydrogens (tertiary/aromatic N) is 1. The summed E-state index contributed by atoms with van der Waals surface area (Å²) in [5.41, 5.74) is 0.854. The number of aromatic nitrogens is 1. The molecule has 96 valence electrons. The van der Waals surface area contributed by atoms with Crippen LogP contribution in [-0.4, -0.2) is 11.7 Å². The highest BCUT2D eigenvalue weighted by atomic mass is 32.1. The minimum Gasteiger partial charge on any atom is -0.494 e. The first-order chi connectivity index (χ1) is 8.54. The van der Waals surface area contributed by atoms with Crippen LogP contribution in [0.2, 0.25) is 0 Å². The SMILES string of the molecule is C=C(OC)\C(F)=C/C=C(C)/C=C/n1ccsc1=N. The van der Waals surface area contributed by atoms with Gasteiger partial charge in [0.2, 0.25) is 0 Å². The van der Waals surface area contributed by atoms with Gasteiger partial charge in [-0.2, -0.15) is 0 Å². The fourth-order valence-corrected chi connectivity index (χ4v) is 1.62. The number of hydrogen-bond acceptors (Lipinski definition) is 3. The van der Waals surface area contributed by atoms with Crippen molar-refractivity contribution in [3.8, 4) is 0 Å². The predicted octanol–water partition coefficient (Wildman–Crippen LogP) is 3.46. The highest BCUT2D eigenvalue weighted by Crippen LogP contribution is 2.10. The van der Waals surface area contributed by atoms with E-state index in [0.717, 1.165) is 5.57 Å². The Labute approximate surface area is 109 Å². The maximum absolute atomic E-state index is 13.3. The summed E-state index contributed by atoms with van der Waals surface area (Å²) >= 11 is 1.34. The van der Waals surface area contributed by atoms with Gasteiger partial charge in [0, 0.05) is 17.8 Å². The van der Waals surface area contributed by atoms with Crippen molar-refractivity contribution in [3.05, 3.63) is 58.3 Å². The molecule has 0 aliphatic rings. The second-order valence-electron chi connectivity index (χ2n) is 3.48. The predicted molar refractivity (Wildman–Crippen MR) is 72.6 cm³/mol. The molecular weight excluding hydrogens is 251 g/mol. The maximum Gasteiger partial charge on any atom is 0.185 e. The first-order valence-corrected chi connectivity index (χ1v) is 6.08. The molecule has 0 amide bonds. The fourth-order valence-electron chi connectivity index (χ4n) is 1.05. The van der Waals surface area contributed by atoms with E-state index in [4.69, 9.17) is 5.41 Å². The Morgan fingerprint density at radius 3 is 2.83 bits per heavy atom. The standard InChI is InChI=1S/C13H15FN2OS/c1-10(4-5-12(14)11(2)17-3)6-7-16-8-9-18-13(16)15/h4-9,15H,2H2,1,3H3/b7-6+,10-4+,12-5+,15-13?. The van der Waals surface area contributed by atoms with Crippen LogP contribution in [0.1, 0.15) is 6.92 Å². The van der Waals surface area contributed by atoms with Crippen molar-refractivity contribution in [2.75, 3.05) is 7.11 Å². The van der Waals surface area contributed by atoms with Gasteiger partial charge in [-0.05, 0) is 24.6 Å². The Bertz CT molecular complexity index is 564. The molecule has 18 heavy (non-hydrogen) atoms. The van der Waals surface area contributed by atoms with Crippen LogP contribution in [-0.2, 0) is 4.74 Å². The Hall–Kier alpha value is -1.88. The first-order valence-electron chi connectivity index (χ1n) is 5.20. The van der Waals surface area contributed by atoms with E-state index < -0.39 is 5.83 Å². The van der Waals surface area contributed by atoms with Crippen LogP contribution in [0.15, 0.2) is 53.5 Å². The molecule has 5 heteroatoms. The zero-order valence-corrected chi connectivity index (χ0v) is 11.1. The number of rotatable bonds is 5. The van der Waals surface area contributed by atoms with Crippen molar-refractivity contribution in [1.29, 1.82) is 5.41 Å². The van der Waals surface area contributed by atoms with E-state index in [-0.39, 0.29) is 5.76 Å². The van der Waals surface area contributed by atoms with E-state index in [1.807, 2.05) is 12.3 Å². The number of nitrogens with one attached hydrogen (secondary N) is 1. The lowest BCUT2D eigenvalue weighted by Crippen LogP contribution is -2.04. The van der Waals surface area contributed by atoms with Gasteiger partial charge < -0.3 is 4.74 Å². The molecule has 1 aromatic rings. The zero-order valence-electron chi connectivity index (χ0n) is 10.3. The van der Waals surface area contributed by atoms with Gasteiger partial charge in [-0.15, -0.1) is 11.3 Å². The highest BCUT2D eigenvalue weighted by molar-refractivity contribution is 7.07. The smallest absolute Gasteiger partial charge is 0.185 e. The summed E-state index contributed by atoms with van der Waals surface area (Å²) in [6.07, 6.45) is 8.25. The molecule has 0 radical (unpaired) electrons. The fraction of sp³-hybridized carbons (Fsp3) is 0.154. The molecule has 1 aromatic heterocycles. The van der Waals surface area contributed by atoms with E-state index in [1.165, 1.54) is 24.5 Å². The molecule has 0 spiro atoms. The molecule has 0 aromatic carbocycles. The Morgan fingerprint density at radius 2 is 2.28 bits per heavy atom. The maximum atomic E-state index is 13.3. The van der Waals surface area contributed by atoms with Gasteiger partial charge in [0.05, 0.1) is 7.11 Å². The zero-order chi connectivity index (χ0) is 13.5. The molecule has 0 bridgehead atoms.